The molecule has 0 saturated heterocycles. The molecular formula is C12H18ClN3OS. The predicted octanol–water partition coefficient (Wildman–Crippen LogP) is 3.23. The molecule has 1 heterocycles. The van der Waals surface area contributed by atoms with Crippen LogP contribution in [0.25, 0.3) is 0 Å². The van der Waals surface area contributed by atoms with E-state index in [0.717, 1.165) is 37.0 Å². The van der Waals surface area contributed by atoms with Crippen LogP contribution in [0.3, 0.4) is 0 Å². The van der Waals surface area contributed by atoms with E-state index in [1.54, 1.807) is 4.90 Å². The van der Waals surface area contributed by atoms with Gasteiger partial charge in [0.2, 0.25) is 9.47 Å². The largest absolute Gasteiger partial charge is 0.337 e. The van der Waals surface area contributed by atoms with Gasteiger partial charge in [0, 0.05) is 13.1 Å². The van der Waals surface area contributed by atoms with Gasteiger partial charge in [-0.3, -0.25) is 4.79 Å². The Morgan fingerprint density at radius 2 is 2.00 bits per heavy atom. The van der Waals surface area contributed by atoms with Gasteiger partial charge in [0.1, 0.15) is 0 Å². The molecule has 1 aliphatic carbocycles. The van der Waals surface area contributed by atoms with Crippen molar-refractivity contribution >= 4 is 28.8 Å². The van der Waals surface area contributed by atoms with Gasteiger partial charge in [-0.25, -0.2) is 0 Å². The number of hydrogen-bond acceptors (Lipinski definition) is 4. The van der Waals surface area contributed by atoms with Gasteiger partial charge in [0.25, 0.3) is 5.91 Å². The van der Waals surface area contributed by atoms with Crippen molar-refractivity contribution < 1.29 is 4.79 Å². The fourth-order valence-corrected chi connectivity index (χ4v) is 3.19. The monoisotopic (exact) mass is 287 g/mol. The molecule has 0 radical (unpaired) electrons. The molecule has 4 nitrogen and oxygen atoms in total. The summed E-state index contributed by atoms with van der Waals surface area (Å²) < 4.78 is 0.316. The summed E-state index contributed by atoms with van der Waals surface area (Å²) in [5.41, 5.74) is 0.409. The van der Waals surface area contributed by atoms with Crippen LogP contribution in [0.4, 0.5) is 0 Å². The smallest absolute Gasteiger partial charge is 0.284 e. The molecule has 1 aromatic heterocycles. The van der Waals surface area contributed by atoms with Gasteiger partial charge < -0.3 is 4.90 Å². The number of carbonyl (C=O) groups excluding carboxylic acids is 1. The Bertz CT molecular complexity index is 436. The van der Waals surface area contributed by atoms with Gasteiger partial charge in [0.15, 0.2) is 0 Å². The lowest BCUT2D eigenvalue weighted by atomic mass is 9.75. The van der Waals surface area contributed by atoms with Crippen molar-refractivity contribution in [3.05, 3.63) is 9.47 Å². The first-order chi connectivity index (χ1) is 8.39. The highest BCUT2D eigenvalue weighted by molar-refractivity contribution is 7.17. The van der Waals surface area contributed by atoms with E-state index in [9.17, 15) is 4.79 Å². The standard InChI is InChI=1S/C12H18ClN3OS/c1-12(2)6-4-8(5-7-12)16(3)10(17)9-14-15-11(13)18-9/h8H,4-7H2,1-3H3. The zero-order valence-corrected chi connectivity index (χ0v) is 12.5. The molecule has 1 amide bonds. The number of amides is 1. The van der Waals surface area contributed by atoms with Crippen molar-refractivity contribution in [1.82, 2.24) is 15.1 Å². The first-order valence-electron chi connectivity index (χ1n) is 6.15. The van der Waals surface area contributed by atoms with Crippen LogP contribution >= 0.6 is 22.9 Å². The van der Waals surface area contributed by atoms with E-state index in [1.807, 2.05) is 7.05 Å². The Morgan fingerprint density at radius 1 is 1.39 bits per heavy atom. The maximum Gasteiger partial charge on any atom is 0.284 e. The van der Waals surface area contributed by atoms with Crippen LogP contribution in [0.1, 0.15) is 49.3 Å². The summed E-state index contributed by atoms with van der Waals surface area (Å²) in [5, 5.41) is 7.86. The molecule has 6 heteroatoms. The van der Waals surface area contributed by atoms with Crippen LogP contribution in [0.15, 0.2) is 0 Å². The minimum Gasteiger partial charge on any atom is -0.337 e. The van der Waals surface area contributed by atoms with Crippen molar-refractivity contribution in [3.63, 3.8) is 0 Å². The molecule has 100 valence electrons. The summed E-state index contributed by atoms with van der Waals surface area (Å²) in [7, 11) is 1.85. The zero-order chi connectivity index (χ0) is 13.3. The highest BCUT2D eigenvalue weighted by atomic mass is 35.5. The van der Waals surface area contributed by atoms with Crippen molar-refractivity contribution in [3.8, 4) is 0 Å². The molecule has 1 saturated carbocycles. The van der Waals surface area contributed by atoms with Crippen LogP contribution in [0, 0.1) is 5.41 Å². The lowest BCUT2D eigenvalue weighted by Gasteiger charge is -2.38. The summed E-state index contributed by atoms with van der Waals surface area (Å²) in [6, 6.07) is 0.313. The molecule has 0 spiro atoms. The van der Waals surface area contributed by atoms with E-state index in [1.165, 1.54) is 0 Å². The Labute approximate surface area is 116 Å². The Morgan fingerprint density at radius 3 is 2.50 bits per heavy atom. The maximum absolute atomic E-state index is 12.2. The van der Waals surface area contributed by atoms with Crippen LogP contribution < -0.4 is 0 Å². The van der Waals surface area contributed by atoms with Crippen molar-refractivity contribution in [2.45, 2.75) is 45.6 Å². The third-order valence-electron chi connectivity index (χ3n) is 3.76. The van der Waals surface area contributed by atoms with Crippen LogP contribution in [0.2, 0.25) is 4.47 Å². The first-order valence-corrected chi connectivity index (χ1v) is 7.35. The highest BCUT2D eigenvalue weighted by Crippen LogP contribution is 2.37. The topological polar surface area (TPSA) is 46.1 Å². The summed E-state index contributed by atoms with van der Waals surface area (Å²) in [6.45, 7) is 4.57. The van der Waals surface area contributed by atoms with E-state index < -0.39 is 0 Å². The van der Waals surface area contributed by atoms with E-state index in [0.29, 0.717) is 20.9 Å². The Hall–Kier alpha value is -0.680. The molecule has 0 bridgehead atoms. The average molecular weight is 288 g/mol. The second-order valence-corrected chi connectivity index (χ2v) is 7.23. The van der Waals surface area contributed by atoms with Crippen molar-refractivity contribution in [2.75, 3.05) is 7.05 Å². The molecular weight excluding hydrogens is 270 g/mol. The molecule has 0 aliphatic heterocycles. The average Bonchev–Trinajstić information content (AvgIpc) is 2.74. The number of hydrogen-bond donors (Lipinski definition) is 0. The van der Waals surface area contributed by atoms with Gasteiger partial charge in [0.05, 0.1) is 0 Å². The molecule has 0 aromatic carbocycles. The van der Waals surface area contributed by atoms with Crippen molar-refractivity contribution in [1.29, 1.82) is 0 Å². The van der Waals surface area contributed by atoms with Gasteiger partial charge in [-0.15, -0.1) is 10.2 Å². The number of rotatable bonds is 2. The number of carbonyl (C=O) groups is 1. The minimum absolute atomic E-state index is 0.0656. The fraction of sp³-hybridized carbons (Fsp3) is 0.750. The normalized spacial score (nSPS) is 19.8. The quantitative estimate of drug-likeness (QED) is 0.839. The van der Waals surface area contributed by atoms with Crippen LogP contribution in [0.5, 0.6) is 0 Å². The molecule has 1 aromatic rings. The summed E-state index contributed by atoms with van der Waals surface area (Å²) in [5.74, 6) is -0.0656. The zero-order valence-electron chi connectivity index (χ0n) is 10.9. The highest BCUT2D eigenvalue weighted by Gasteiger charge is 2.31. The molecule has 2 rings (SSSR count). The van der Waals surface area contributed by atoms with Gasteiger partial charge in [-0.1, -0.05) is 25.2 Å². The third-order valence-corrected chi connectivity index (χ3v) is 4.77. The lowest BCUT2D eigenvalue weighted by molar-refractivity contribution is 0.0634. The molecule has 0 N–H and O–H groups in total. The number of aromatic nitrogens is 2. The van der Waals surface area contributed by atoms with Gasteiger partial charge in [-0.2, -0.15) is 0 Å². The second kappa shape index (κ2) is 5.13. The summed E-state index contributed by atoms with van der Waals surface area (Å²) in [4.78, 5) is 14.0. The number of halogens is 1. The van der Waals surface area contributed by atoms with Crippen molar-refractivity contribution in [2.24, 2.45) is 5.41 Å². The van der Waals surface area contributed by atoms with E-state index in [4.69, 9.17) is 11.6 Å². The SMILES string of the molecule is CN(C(=O)c1nnc(Cl)s1)C1CCC(C)(C)CC1. The molecule has 0 atom stereocenters. The van der Waals surface area contributed by atoms with E-state index in [-0.39, 0.29) is 5.91 Å². The Balaban J connectivity index is 2.00. The maximum atomic E-state index is 12.2. The minimum atomic E-state index is -0.0656. The summed E-state index contributed by atoms with van der Waals surface area (Å²) in [6.07, 6.45) is 4.43. The predicted molar refractivity (Wildman–Crippen MR) is 73.0 cm³/mol. The summed E-state index contributed by atoms with van der Waals surface area (Å²) >= 11 is 6.85. The third kappa shape index (κ3) is 3.01. The lowest BCUT2D eigenvalue weighted by Crippen LogP contribution is -2.40. The van der Waals surface area contributed by atoms with E-state index >= 15 is 0 Å². The molecule has 18 heavy (non-hydrogen) atoms. The van der Waals surface area contributed by atoms with E-state index in [2.05, 4.69) is 24.0 Å². The molecule has 1 fully saturated rings. The molecule has 1 aliphatic rings. The second-order valence-electron chi connectivity index (χ2n) is 5.67. The molecule has 0 unspecified atom stereocenters. The van der Waals surface area contributed by atoms with Crippen LogP contribution in [-0.2, 0) is 0 Å². The van der Waals surface area contributed by atoms with Gasteiger partial charge >= 0.3 is 0 Å². The fourth-order valence-electron chi connectivity index (χ4n) is 2.38. The number of nitrogens with zero attached hydrogens (tertiary/aromatic N) is 3. The Kier molecular flexibility index (Phi) is 3.92. The first kappa shape index (κ1) is 13.7. The van der Waals surface area contributed by atoms with Gasteiger partial charge in [-0.05, 0) is 42.7 Å². The van der Waals surface area contributed by atoms with Crippen LogP contribution in [-0.4, -0.2) is 34.1 Å².